The summed E-state index contributed by atoms with van der Waals surface area (Å²) in [4.78, 5) is 7.46. The zero-order valence-corrected chi connectivity index (χ0v) is 12.6. The van der Waals surface area contributed by atoms with Crippen LogP contribution in [-0.2, 0) is 13.0 Å². The van der Waals surface area contributed by atoms with Gasteiger partial charge in [-0.3, -0.25) is 4.90 Å². The summed E-state index contributed by atoms with van der Waals surface area (Å²) in [7, 11) is 0. The van der Waals surface area contributed by atoms with E-state index in [1.165, 1.54) is 56.7 Å². The molecule has 2 aliphatic rings. The van der Waals surface area contributed by atoms with Crippen molar-refractivity contribution in [3.05, 3.63) is 17.7 Å². The third-order valence-electron chi connectivity index (χ3n) is 4.88. The summed E-state index contributed by atoms with van der Waals surface area (Å²) in [5.74, 6) is 2.17. The Bertz CT molecular complexity index is 435. The molecule has 0 bridgehead atoms. The summed E-state index contributed by atoms with van der Waals surface area (Å²) in [5.41, 5.74) is 1.46. The lowest BCUT2D eigenvalue weighted by Crippen LogP contribution is -2.40. The van der Waals surface area contributed by atoms with Gasteiger partial charge < -0.3 is 4.57 Å². The normalized spacial score (nSPS) is 28.6. The van der Waals surface area contributed by atoms with Crippen LogP contribution in [0.4, 0.5) is 0 Å². The minimum absolute atomic E-state index is 0.552. The predicted molar refractivity (Wildman–Crippen MR) is 78.1 cm³/mol. The molecule has 1 aromatic rings. The van der Waals surface area contributed by atoms with Crippen molar-refractivity contribution in [2.24, 2.45) is 5.92 Å². The van der Waals surface area contributed by atoms with Crippen molar-refractivity contribution in [2.75, 3.05) is 6.54 Å². The quantitative estimate of drug-likeness (QED) is 0.813. The van der Waals surface area contributed by atoms with E-state index in [9.17, 15) is 0 Å². The molecule has 0 aromatic carbocycles. The van der Waals surface area contributed by atoms with Crippen molar-refractivity contribution < 1.29 is 0 Å². The highest BCUT2D eigenvalue weighted by molar-refractivity contribution is 5.12. The molecule has 0 radical (unpaired) electrons. The fourth-order valence-electron chi connectivity index (χ4n) is 3.77. The zero-order chi connectivity index (χ0) is 13.4. The van der Waals surface area contributed by atoms with Crippen LogP contribution in [0.5, 0.6) is 0 Å². The second-order valence-electron chi connectivity index (χ2n) is 6.70. The Hall–Kier alpha value is -0.830. The number of hydrogen-bond acceptors (Lipinski definition) is 2. The molecule has 3 heterocycles. The topological polar surface area (TPSA) is 21.1 Å². The van der Waals surface area contributed by atoms with Crippen LogP contribution in [-0.4, -0.2) is 27.0 Å². The van der Waals surface area contributed by atoms with Crippen molar-refractivity contribution in [2.45, 2.75) is 71.5 Å². The molecular formula is C16H27N3. The van der Waals surface area contributed by atoms with Crippen molar-refractivity contribution in [1.82, 2.24) is 14.5 Å². The van der Waals surface area contributed by atoms with E-state index in [1.807, 2.05) is 0 Å². The third-order valence-corrected chi connectivity index (χ3v) is 4.88. The fourth-order valence-corrected chi connectivity index (χ4v) is 3.77. The molecule has 1 saturated heterocycles. The van der Waals surface area contributed by atoms with Crippen molar-refractivity contribution in [3.8, 4) is 0 Å². The first-order valence-electron chi connectivity index (χ1n) is 7.97. The molecular weight excluding hydrogens is 234 g/mol. The monoisotopic (exact) mass is 261 g/mol. The van der Waals surface area contributed by atoms with Crippen LogP contribution in [0.3, 0.4) is 0 Å². The van der Waals surface area contributed by atoms with Gasteiger partial charge in [0, 0.05) is 24.5 Å². The molecule has 1 fully saturated rings. The molecule has 0 N–H and O–H groups in total. The highest BCUT2D eigenvalue weighted by Gasteiger charge is 2.31. The van der Waals surface area contributed by atoms with E-state index >= 15 is 0 Å². The van der Waals surface area contributed by atoms with Gasteiger partial charge in [-0.1, -0.05) is 13.3 Å². The maximum Gasteiger partial charge on any atom is 0.126 e. The van der Waals surface area contributed by atoms with E-state index in [1.54, 1.807) is 0 Å². The van der Waals surface area contributed by atoms with Crippen LogP contribution >= 0.6 is 0 Å². The number of fused-ring (bicyclic) bond motifs is 1. The first-order valence-corrected chi connectivity index (χ1v) is 7.97. The average molecular weight is 261 g/mol. The maximum atomic E-state index is 4.81. The van der Waals surface area contributed by atoms with Gasteiger partial charge in [-0.05, 0) is 52.0 Å². The van der Waals surface area contributed by atoms with E-state index in [-0.39, 0.29) is 0 Å². The lowest BCUT2D eigenvalue weighted by atomic mass is 9.97. The van der Waals surface area contributed by atoms with E-state index in [2.05, 4.69) is 36.4 Å². The van der Waals surface area contributed by atoms with Gasteiger partial charge in [-0.15, -0.1) is 0 Å². The van der Waals surface area contributed by atoms with Gasteiger partial charge in [-0.2, -0.15) is 0 Å². The molecule has 0 spiro atoms. The largest absolute Gasteiger partial charge is 0.331 e. The maximum absolute atomic E-state index is 4.81. The van der Waals surface area contributed by atoms with Crippen LogP contribution in [0.25, 0.3) is 0 Å². The summed E-state index contributed by atoms with van der Waals surface area (Å²) in [6.07, 6.45) is 8.64. The highest BCUT2D eigenvalue weighted by atomic mass is 15.2. The van der Waals surface area contributed by atoms with Crippen molar-refractivity contribution in [1.29, 1.82) is 0 Å². The van der Waals surface area contributed by atoms with Crippen molar-refractivity contribution >= 4 is 0 Å². The molecule has 2 atom stereocenters. The smallest absolute Gasteiger partial charge is 0.126 e. The van der Waals surface area contributed by atoms with Gasteiger partial charge >= 0.3 is 0 Å². The fraction of sp³-hybridized carbons (Fsp3) is 0.812. The molecule has 19 heavy (non-hydrogen) atoms. The summed E-state index contributed by atoms with van der Waals surface area (Å²) in [6.45, 7) is 9.41. The summed E-state index contributed by atoms with van der Waals surface area (Å²) < 4.78 is 2.52. The Morgan fingerprint density at radius 3 is 2.84 bits per heavy atom. The van der Waals surface area contributed by atoms with Crippen LogP contribution in [0.2, 0.25) is 0 Å². The van der Waals surface area contributed by atoms with Crippen LogP contribution in [0.15, 0.2) is 6.20 Å². The van der Waals surface area contributed by atoms with Crippen LogP contribution in [0.1, 0.15) is 64.0 Å². The third kappa shape index (κ3) is 2.45. The van der Waals surface area contributed by atoms with Crippen molar-refractivity contribution in [3.63, 3.8) is 0 Å². The van der Waals surface area contributed by atoms with E-state index in [4.69, 9.17) is 4.98 Å². The molecule has 106 valence electrons. The molecule has 3 nitrogen and oxygen atoms in total. The molecule has 1 aromatic heterocycles. The molecule has 0 saturated carbocycles. The Morgan fingerprint density at radius 1 is 1.21 bits per heavy atom. The minimum atomic E-state index is 0.552. The number of imidazole rings is 1. The van der Waals surface area contributed by atoms with Gasteiger partial charge in [0.25, 0.3) is 0 Å². The number of rotatable bonds is 2. The Kier molecular flexibility index (Phi) is 3.66. The average Bonchev–Trinajstić information content (AvgIpc) is 2.81. The van der Waals surface area contributed by atoms with Gasteiger partial charge in [0.2, 0.25) is 0 Å². The van der Waals surface area contributed by atoms with Gasteiger partial charge in [0.05, 0.1) is 6.04 Å². The Balaban J connectivity index is 1.88. The Morgan fingerprint density at radius 2 is 2.05 bits per heavy atom. The zero-order valence-electron chi connectivity index (χ0n) is 12.6. The number of aromatic nitrogens is 2. The molecule has 3 heteroatoms. The minimum Gasteiger partial charge on any atom is -0.331 e. The van der Waals surface area contributed by atoms with Gasteiger partial charge in [0.1, 0.15) is 5.82 Å². The summed E-state index contributed by atoms with van der Waals surface area (Å²) in [5, 5.41) is 0. The Labute approximate surface area is 117 Å². The van der Waals surface area contributed by atoms with E-state index in [0.717, 1.165) is 5.92 Å². The highest BCUT2D eigenvalue weighted by Crippen LogP contribution is 2.34. The van der Waals surface area contributed by atoms with Crippen LogP contribution in [0, 0.1) is 5.92 Å². The van der Waals surface area contributed by atoms with Gasteiger partial charge in [0.15, 0.2) is 0 Å². The summed E-state index contributed by atoms with van der Waals surface area (Å²) in [6, 6.07) is 1.18. The molecule has 0 aliphatic carbocycles. The number of hydrogen-bond donors (Lipinski definition) is 0. The van der Waals surface area contributed by atoms with Crippen LogP contribution < -0.4 is 0 Å². The molecule has 3 rings (SSSR count). The van der Waals surface area contributed by atoms with E-state index < -0.39 is 0 Å². The number of piperidine rings is 1. The molecule has 0 amide bonds. The number of likely N-dealkylation sites (tertiary alicyclic amines) is 1. The standard InChI is InChI=1S/C16H27N3/c1-12(2)18-8-5-4-6-15(18)16-17-11-14-10-13(3)7-9-19(14)16/h11-13,15H,4-10H2,1-3H3. The SMILES string of the molecule is CC1CCn2c(cnc2C2CCCCN2C(C)C)C1. The molecule has 2 unspecified atom stereocenters. The lowest BCUT2D eigenvalue weighted by molar-refractivity contribution is 0.102. The second-order valence-corrected chi connectivity index (χ2v) is 6.70. The molecule has 2 aliphatic heterocycles. The van der Waals surface area contributed by atoms with E-state index in [0.29, 0.717) is 12.1 Å². The first kappa shape index (κ1) is 13.2. The summed E-state index contributed by atoms with van der Waals surface area (Å²) >= 11 is 0. The lowest BCUT2D eigenvalue weighted by Gasteiger charge is -2.39. The predicted octanol–water partition coefficient (Wildman–Crippen LogP) is 3.40. The second kappa shape index (κ2) is 5.28. The van der Waals surface area contributed by atoms with Gasteiger partial charge in [-0.25, -0.2) is 4.98 Å². The number of nitrogens with zero attached hydrogens (tertiary/aromatic N) is 3. The first-order chi connectivity index (χ1) is 9.16.